The topological polar surface area (TPSA) is 115 Å². The van der Waals surface area contributed by atoms with Crippen LogP contribution in [0.4, 0.5) is 14.5 Å². The van der Waals surface area contributed by atoms with E-state index < -0.39 is 27.7 Å². The Labute approximate surface area is 279 Å². The largest absolute Gasteiger partial charge is 0.455 e. The number of fused-ring (bicyclic) bond motifs is 2. The number of amides is 1. The highest BCUT2D eigenvalue weighted by molar-refractivity contribution is 7.87. The quantitative estimate of drug-likeness (QED) is 0.161. The van der Waals surface area contributed by atoms with Crippen LogP contribution < -0.4 is 14.4 Å². The van der Waals surface area contributed by atoms with Gasteiger partial charge in [0.1, 0.15) is 27.6 Å². The van der Waals surface area contributed by atoms with Crippen LogP contribution in [-0.2, 0) is 10.1 Å². The highest BCUT2D eigenvalue weighted by atomic mass is 32.2. The van der Waals surface area contributed by atoms with Crippen molar-refractivity contribution in [2.75, 3.05) is 26.0 Å². The van der Waals surface area contributed by atoms with Gasteiger partial charge in [0.25, 0.3) is 5.91 Å². The lowest BCUT2D eigenvalue weighted by Gasteiger charge is -2.19. The van der Waals surface area contributed by atoms with Crippen LogP contribution in [0.5, 0.6) is 5.75 Å². The van der Waals surface area contributed by atoms with Crippen molar-refractivity contribution in [2.24, 2.45) is 0 Å². The van der Waals surface area contributed by atoms with Crippen LogP contribution in [0.25, 0.3) is 56.0 Å². The predicted molar refractivity (Wildman–Crippen MR) is 182 cm³/mol. The van der Waals surface area contributed by atoms with E-state index in [4.69, 9.17) is 13.0 Å². The first-order valence-corrected chi connectivity index (χ1v) is 16.4. The molecule has 0 saturated heterocycles. The van der Waals surface area contributed by atoms with Crippen molar-refractivity contribution in [3.63, 3.8) is 0 Å². The smallest absolute Gasteiger partial charge is 0.339 e. The Bertz CT molecular complexity index is 2490. The van der Waals surface area contributed by atoms with Gasteiger partial charge in [-0.15, -0.1) is 0 Å². The average Bonchev–Trinajstić information content (AvgIpc) is 3.71. The number of rotatable bonds is 8. The first-order chi connectivity index (χ1) is 23.5. The Kier molecular flexibility index (Phi) is 7.87. The van der Waals surface area contributed by atoms with Gasteiger partial charge in [-0.1, -0.05) is 30.3 Å². The zero-order valence-corrected chi connectivity index (χ0v) is 27.1. The molecule has 7 rings (SSSR count). The monoisotopic (exact) mass is 679 g/mol. The number of furan rings is 1. The second-order valence-electron chi connectivity index (χ2n) is 11.3. The molecule has 0 fully saturated rings. The summed E-state index contributed by atoms with van der Waals surface area (Å²) in [7, 11) is 0.888. The van der Waals surface area contributed by atoms with E-state index in [9.17, 15) is 22.0 Å². The van der Waals surface area contributed by atoms with Gasteiger partial charge in [0.05, 0.1) is 11.1 Å². The first-order valence-electron chi connectivity index (χ1n) is 15.0. The van der Waals surface area contributed by atoms with Crippen LogP contribution in [0, 0.1) is 11.6 Å². The van der Waals surface area contributed by atoms with E-state index in [1.54, 1.807) is 48.5 Å². The van der Waals surface area contributed by atoms with Crippen LogP contribution in [0.2, 0.25) is 0 Å². The summed E-state index contributed by atoms with van der Waals surface area (Å²) in [6.45, 7) is 0. The van der Waals surface area contributed by atoms with Gasteiger partial charge in [-0.2, -0.15) is 8.42 Å². The van der Waals surface area contributed by atoms with Crippen molar-refractivity contribution < 1.29 is 35.0 Å². The molecule has 246 valence electrons. The third-order valence-corrected chi connectivity index (χ3v) is 9.22. The summed E-state index contributed by atoms with van der Waals surface area (Å²) < 4.78 is 72.9. The number of nitrogens with zero attached hydrogens (tertiary/aromatic N) is 2. The number of hydrogen-bond acceptors (Lipinski definition) is 8. The van der Waals surface area contributed by atoms with Crippen LogP contribution >= 0.6 is 0 Å². The molecule has 49 heavy (non-hydrogen) atoms. The highest BCUT2D eigenvalue weighted by Crippen LogP contribution is 2.43. The van der Waals surface area contributed by atoms with Crippen LogP contribution in [0.1, 0.15) is 10.4 Å². The minimum Gasteiger partial charge on any atom is -0.455 e. The second kappa shape index (κ2) is 12.2. The molecule has 0 aliphatic heterocycles. The molecule has 2 heterocycles. The minimum absolute atomic E-state index is 0.0305. The number of aromatic nitrogens is 1. The lowest BCUT2D eigenvalue weighted by atomic mass is 9.96. The lowest BCUT2D eigenvalue weighted by molar-refractivity contribution is 0.0964. The highest BCUT2D eigenvalue weighted by Gasteiger charge is 2.26. The second-order valence-corrected chi connectivity index (χ2v) is 12.9. The van der Waals surface area contributed by atoms with Gasteiger partial charge in [-0.3, -0.25) is 4.79 Å². The summed E-state index contributed by atoms with van der Waals surface area (Å²) in [5.74, 6) is -1.35. The van der Waals surface area contributed by atoms with E-state index in [1.807, 2.05) is 19.0 Å². The zero-order chi connectivity index (χ0) is 34.4. The molecular formula is C37H27F2N3O6S. The molecule has 0 atom stereocenters. The SMILES string of the molecule is CNC(=O)c1c(-c2ccc(F)cc2)oc2cc(N(C)C)c(-c3ccc(OS(=O)(=O)c4ccccc4)c(-c4nc5c(F)cccc5o4)c3)cc12. The third-order valence-electron chi connectivity index (χ3n) is 7.97. The minimum atomic E-state index is -4.29. The molecule has 0 aliphatic rings. The Morgan fingerprint density at radius 2 is 1.55 bits per heavy atom. The maximum atomic E-state index is 14.7. The normalized spacial score (nSPS) is 11.6. The molecule has 0 spiro atoms. The van der Waals surface area contributed by atoms with E-state index >= 15 is 0 Å². The Hall–Kier alpha value is -6.01. The van der Waals surface area contributed by atoms with Crippen molar-refractivity contribution >= 4 is 43.8 Å². The summed E-state index contributed by atoms with van der Waals surface area (Å²) in [5.41, 5.74) is 3.34. The van der Waals surface area contributed by atoms with Gasteiger partial charge < -0.3 is 23.2 Å². The van der Waals surface area contributed by atoms with Gasteiger partial charge in [0, 0.05) is 49.4 Å². The molecule has 0 aliphatic carbocycles. The molecule has 1 N–H and O–H groups in total. The molecule has 7 aromatic rings. The van der Waals surface area contributed by atoms with Gasteiger partial charge in [0.15, 0.2) is 17.1 Å². The molecule has 2 aromatic heterocycles. The third kappa shape index (κ3) is 5.76. The number of halogens is 2. The van der Waals surface area contributed by atoms with Crippen molar-refractivity contribution in [3.8, 4) is 39.7 Å². The standard InChI is InChI=1S/C37H27F2N3O6S/c1-40-36(43)33-26-19-25(29(42(2)3)20-32(26)46-35(33)21-12-15-23(38)16-13-21)22-14-17-30(48-49(44,45)24-8-5-4-6-9-24)27(18-22)37-41-34-28(39)10-7-11-31(34)47-37/h4-20H,1-3H3,(H,40,43). The number of nitrogens with one attached hydrogen (secondary N) is 1. The Balaban J connectivity index is 1.45. The Morgan fingerprint density at radius 3 is 2.24 bits per heavy atom. The maximum Gasteiger partial charge on any atom is 0.339 e. The summed E-state index contributed by atoms with van der Waals surface area (Å²) in [5, 5.41) is 3.14. The van der Waals surface area contributed by atoms with Crippen molar-refractivity contribution in [3.05, 3.63) is 120 Å². The number of anilines is 1. The maximum absolute atomic E-state index is 14.7. The van der Waals surface area contributed by atoms with Gasteiger partial charge in [-0.25, -0.2) is 13.8 Å². The van der Waals surface area contributed by atoms with Crippen molar-refractivity contribution in [1.29, 1.82) is 0 Å². The van der Waals surface area contributed by atoms with Crippen molar-refractivity contribution in [1.82, 2.24) is 10.3 Å². The van der Waals surface area contributed by atoms with E-state index in [1.165, 1.54) is 61.6 Å². The summed E-state index contributed by atoms with van der Waals surface area (Å²) in [6.07, 6.45) is 0. The number of hydrogen-bond donors (Lipinski definition) is 1. The predicted octanol–water partition coefficient (Wildman–Crippen LogP) is 8.05. The molecule has 0 bridgehead atoms. The number of oxazole rings is 1. The van der Waals surface area contributed by atoms with Crippen LogP contribution in [-0.4, -0.2) is 40.5 Å². The van der Waals surface area contributed by atoms with E-state index in [0.717, 1.165) is 0 Å². The van der Waals surface area contributed by atoms with E-state index in [0.29, 0.717) is 33.3 Å². The lowest BCUT2D eigenvalue weighted by Crippen LogP contribution is -2.18. The van der Waals surface area contributed by atoms with Crippen LogP contribution in [0.3, 0.4) is 0 Å². The molecule has 0 radical (unpaired) electrons. The fraction of sp³-hybridized carbons (Fsp3) is 0.0811. The summed E-state index contributed by atoms with van der Waals surface area (Å²) in [6, 6.07) is 25.9. The molecule has 12 heteroatoms. The number of carbonyl (C=O) groups is 1. The molecule has 0 saturated carbocycles. The molecule has 0 unspecified atom stereocenters. The molecule has 5 aromatic carbocycles. The zero-order valence-electron chi connectivity index (χ0n) is 26.3. The van der Waals surface area contributed by atoms with E-state index in [-0.39, 0.29) is 44.5 Å². The fourth-order valence-electron chi connectivity index (χ4n) is 5.61. The van der Waals surface area contributed by atoms with Gasteiger partial charge in [-0.05, 0) is 72.3 Å². The Morgan fingerprint density at radius 1 is 0.816 bits per heavy atom. The number of benzene rings is 5. The fourth-order valence-corrected chi connectivity index (χ4v) is 6.58. The van der Waals surface area contributed by atoms with E-state index in [2.05, 4.69) is 10.3 Å². The first kappa shape index (κ1) is 31.6. The molecular weight excluding hydrogens is 652 g/mol. The molecule has 9 nitrogen and oxygen atoms in total. The summed E-state index contributed by atoms with van der Waals surface area (Å²) in [4.78, 5) is 19.4. The van der Waals surface area contributed by atoms with Crippen LogP contribution in [0.15, 0.2) is 117 Å². The molecule has 1 amide bonds. The number of carbonyl (C=O) groups excluding carboxylic acids is 1. The van der Waals surface area contributed by atoms with Crippen molar-refractivity contribution in [2.45, 2.75) is 4.90 Å². The van der Waals surface area contributed by atoms with Gasteiger partial charge >= 0.3 is 10.1 Å². The summed E-state index contributed by atoms with van der Waals surface area (Å²) >= 11 is 0. The number of para-hydroxylation sites is 1. The average molecular weight is 680 g/mol. The van der Waals surface area contributed by atoms with Gasteiger partial charge in [0.2, 0.25) is 5.89 Å².